The molecule has 0 aromatic heterocycles. The summed E-state index contributed by atoms with van der Waals surface area (Å²) in [6.45, 7) is 0.775. The van der Waals surface area contributed by atoms with Crippen molar-refractivity contribution in [1.82, 2.24) is 5.32 Å². The van der Waals surface area contributed by atoms with Gasteiger partial charge in [-0.3, -0.25) is 0 Å². The molecule has 2 aromatic rings. The largest absolute Gasteiger partial charge is 0.493 e. The molecule has 0 atom stereocenters. The highest BCUT2D eigenvalue weighted by Gasteiger charge is 2.15. The Kier molecular flexibility index (Phi) is 6.07. The summed E-state index contributed by atoms with van der Waals surface area (Å²) in [5.41, 5.74) is 1.31. The Balaban J connectivity index is 2.15. The lowest BCUT2D eigenvalue weighted by Gasteiger charge is -2.16. The van der Waals surface area contributed by atoms with Crippen molar-refractivity contribution in [2.24, 2.45) is 0 Å². The molecule has 6 heteroatoms. The van der Waals surface area contributed by atoms with E-state index in [1.54, 1.807) is 39.5 Å². The lowest BCUT2D eigenvalue weighted by molar-refractivity contribution is 0.321. The Morgan fingerprint density at radius 3 is 2.30 bits per heavy atom. The molecular formula is C17H19ClFNO3. The zero-order chi connectivity index (χ0) is 16.8. The van der Waals surface area contributed by atoms with Crippen LogP contribution >= 0.6 is 11.6 Å². The third-order valence-corrected chi connectivity index (χ3v) is 3.82. The Morgan fingerprint density at radius 1 is 0.957 bits per heavy atom. The van der Waals surface area contributed by atoms with E-state index in [-0.39, 0.29) is 5.82 Å². The molecule has 23 heavy (non-hydrogen) atoms. The normalized spacial score (nSPS) is 10.5. The number of nitrogens with one attached hydrogen (secondary N) is 1. The van der Waals surface area contributed by atoms with Gasteiger partial charge in [0.2, 0.25) is 5.75 Å². The molecule has 0 aliphatic carbocycles. The Hall–Kier alpha value is -1.98. The zero-order valence-corrected chi connectivity index (χ0v) is 14.0. The SMILES string of the molecule is COc1ccc(CNCc2c(F)cccc2Cl)c(OC)c1OC. The van der Waals surface area contributed by atoms with E-state index in [4.69, 9.17) is 25.8 Å². The molecule has 0 heterocycles. The second kappa shape index (κ2) is 8.04. The molecule has 0 aliphatic rings. The molecule has 0 aliphatic heterocycles. The van der Waals surface area contributed by atoms with Crippen LogP contribution in [0.3, 0.4) is 0 Å². The molecule has 0 amide bonds. The summed E-state index contributed by atoms with van der Waals surface area (Å²) in [5.74, 6) is 1.37. The minimum atomic E-state index is -0.329. The van der Waals surface area contributed by atoms with Crippen molar-refractivity contribution in [2.75, 3.05) is 21.3 Å². The third kappa shape index (κ3) is 3.86. The second-order valence-electron chi connectivity index (χ2n) is 4.80. The maximum atomic E-state index is 13.8. The van der Waals surface area contributed by atoms with Crippen molar-refractivity contribution in [3.8, 4) is 17.2 Å². The minimum Gasteiger partial charge on any atom is -0.493 e. The van der Waals surface area contributed by atoms with Gasteiger partial charge in [0.1, 0.15) is 5.82 Å². The van der Waals surface area contributed by atoms with Crippen LogP contribution in [0.4, 0.5) is 4.39 Å². The van der Waals surface area contributed by atoms with Gasteiger partial charge in [0.05, 0.1) is 21.3 Å². The number of halogens is 2. The molecule has 0 spiro atoms. The van der Waals surface area contributed by atoms with Crippen LogP contribution in [0.25, 0.3) is 0 Å². The van der Waals surface area contributed by atoms with Crippen molar-refractivity contribution >= 4 is 11.6 Å². The third-order valence-electron chi connectivity index (χ3n) is 3.46. The van der Waals surface area contributed by atoms with Gasteiger partial charge in [-0.15, -0.1) is 0 Å². The Labute approximate surface area is 140 Å². The molecule has 2 rings (SSSR count). The maximum absolute atomic E-state index is 13.8. The van der Waals surface area contributed by atoms with Gasteiger partial charge in [-0.05, 0) is 18.2 Å². The average Bonchev–Trinajstić information content (AvgIpc) is 2.56. The summed E-state index contributed by atoms with van der Waals surface area (Å²) in [5, 5.41) is 3.56. The molecule has 0 saturated carbocycles. The Morgan fingerprint density at radius 2 is 1.70 bits per heavy atom. The van der Waals surface area contributed by atoms with E-state index in [1.165, 1.54) is 6.07 Å². The highest BCUT2D eigenvalue weighted by Crippen LogP contribution is 2.39. The van der Waals surface area contributed by atoms with Crippen LogP contribution in [-0.4, -0.2) is 21.3 Å². The van der Waals surface area contributed by atoms with E-state index in [1.807, 2.05) is 6.07 Å². The highest BCUT2D eigenvalue weighted by atomic mass is 35.5. The van der Waals surface area contributed by atoms with Crippen LogP contribution in [0.1, 0.15) is 11.1 Å². The van der Waals surface area contributed by atoms with Gasteiger partial charge in [0, 0.05) is 29.2 Å². The second-order valence-corrected chi connectivity index (χ2v) is 5.20. The van der Waals surface area contributed by atoms with Gasteiger partial charge in [0.25, 0.3) is 0 Å². The molecule has 1 N–H and O–H groups in total. The lowest BCUT2D eigenvalue weighted by atomic mass is 10.1. The topological polar surface area (TPSA) is 39.7 Å². The van der Waals surface area contributed by atoms with E-state index < -0.39 is 0 Å². The van der Waals surface area contributed by atoms with Crippen molar-refractivity contribution in [3.05, 3.63) is 52.3 Å². The predicted octanol–water partition coefficient (Wildman–Crippen LogP) is 3.79. The van der Waals surface area contributed by atoms with Gasteiger partial charge in [-0.1, -0.05) is 23.7 Å². The van der Waals surface area contributed by atoms with Gasteiger partial charge in [-0.25, -0.2) is 4.39 Å². The fraction of sp³-hybridized carbons (Fsp3) is 0.294. The first-order chi connectivity index (χ1) is 11.1. The summed E-state index contributed by atoms with van der Waals surface area (Å²) >= 11 is 6.02. The molecule has 0 radical (unpaired) electrons. The fourth-order valence-corrected chi connectivity index (χ4v) is 2.56. The summed E-state index contributed by atoms with van der Waals surface area (Å²) in [6.07, 6.45) is 0. The molecule has 124 valence electrons. The molecule has 0 fully saturated rings. The smallest absolute Gasteiger partial charge is 0.203 e. The molecule has 2 aromatic carbocycles. The van der Waals surface area contributed by atoms with E-state index >= 15 is 0 Å². The molecule has 0 bridgehead atoms. The Bertz CT molecular complexity index is 659. The minimum absolute atomic E-state index is 0.309. The number of rotatable bonds is 7. The first-order valence-electron chi connectivity index (χ1n) is 7.03. The molecule has 0 saturated heterocycles. The quantitative estimate of drug-likeness (QED) is 0.833. The summed E-state index contributed by atoms with van der Waals surface area (Å²) < 4.78 is 29.8. The standard InChI is InChI=1S/C17H19ClFNO3/c1-21-15-8-7-11(16(22-2)17(15)23-3)9-20-10-12-13(18)5-4-6-14(12)19/h4-8,20H,9-10H2,1-3H3. The van der Waals surface area contributed by atoms with Crippen molar-refractivity contribution in [3.63, 3.8) is 0 Å². The maximum Gasteiger partial charge on any atom is 0.203 e. The average molecular weight is 340 g/mol. The van der Waals surface area contributed by atoms with Crippen molar-refractivity contribution in [2.45, 2.75) is 13.1 Å². The van der Waals surface area contributed by atoms with E-state index in [2.05, 4.69) is 5.32 Å². The first-order valence-corrected chi connectivity index (χ1v) is 7.41. The van der Waals surface area contributed by atoms with Crippen LogP contribution in [0.5, 0.6) is 17.2 Å². The fourth-order valence-electron chi connectivity index (χ4n) is 2.33. The van der Waals surface area contributed by atoms with Gasteiger partial charge in [-0.2, -0.15) is 0 Å². The van der Waals surface area contributed by atoms with E-state index in [0.717, 1.165) is 5.56 Å². The van der Waals surface area contributed by atoms with Crippen molar-refractivity contribution < 1.29 is 18.6 Å². The van der Waals surface area contributed by atoms with Gasteiger partial charge < -0.3 is 19.5 Å². The summed E-state index contributed by atoms with van der Waals surface area (Å²) in [7, 11) is 4.68. The van der Waals surface area contributed by atoms with E-state index in [0.29, 0.717) is 40.9 Å². The number of hydrogen-bond donors (Lipinski definition) is 1. The lowest BCUT2D eigenvalue weighted by Crippen LogP contribution is -2.15. The molecule has 0 unspecified atom stereocenters. The van der Waals surface area contributed by atoms with Crippen LogP contribution in [-0.2, 0) is 13.1 Å². The zero-order valence-electron chi connectivity index (χ0n) is 13.3. The summed E-state index contributed by atoms with van der Waals surface area (Å²) in [6, 6.07) is 8.31. The van der Waals surface area contributed by atoms with Gasteiger partial charge >= 0.3 is 0 Å². The molecule has 4 nitrogen and oxygen atoms in total. The predicted molar refractivity (Wildman–Crippen MR) is 88.1 cm³/mol. The summed E-state index contributed by atoms with van der Waals surface area (Å²) in [4.78, 5) is 0. The monoisotopic (exact) mass is 339 g/mol. The molecular weight excluding hydrogens is 321 g/mol. The highest BCUT2D eigenvalue weighted by molar-refractivity contribution is 6.31. The number of hydrogen-bond acceptors (Lipinski definition) is 4. The van der Waals surface area contributed by atoms with Crippen LogP contribution in [0, 0.1) is 5.82 Å². The van der Waals surface area contributed by atoms with Crippen LogP contribution < -0.4 is 19.5 Å². The van der Waals surface area contributed by atoms with Crippen LogP contribution in [0.15, 0.2) is 30.3 Å². The first kappa shape index (κ1) is 17.4. The number of benzene rings is 2. The van der Waals surface area contributed by atoms with E-state index in [9.17, 15) is 4.39 Å². The van der Waals surface area contributed by atoms with Crippen molar-refractivity contribution in [1.29, 1.82) is 0 Å². The number of methoxy groups -OCH3 is 3. The van der Waals surface area contributed by atoms with Gasteiger partial charge in [0.15, 0.2) is 11.5 Å². The number of ether oxygens (including phenoxy) is 3. The van der Waals surface area contributed by atoms with Crippen LogP contribution in [0.2, 0.25) is 5.02 Å².